The van der Waals surface area contributed by atoms with Crippen LogP contribution in [0.2, 0.25) is 5.02 Å². The molecule has 2 rings (SSSR count). The van der Waals surface area contributed by atoms with Gasteiger partial charge in [-0.2, -0.15) is 0 Å². The lowest BCUT2D eigenvalue weighted by atomic mass is 10.1. The van der Waals surface area contributed by atoms with Crippen LogP contribution in [0, 0.1) is 5.82 Å². The summed E-state index contributed by atoms with van der Waals surface area (Å²) in [5, 5.41) is 0.595. The van der Waals surface area contributed by atoms with Gasteiger partial charge in [0.25, 0.3) is 0 Å². The average Bonchev–Trinajstić information content (AvgIpc) is 2.49. The Morgan fingerprint density at radius 1 is 1.30 bits per heavy atom. The Morgan fingerprint density at radius 2 is 2.00 bits per heavy atom. The third-order valence-electron chi connectivity index (χ3n) is 3.40. The van der Waals surface area contributed by atoms with Crippen LogP contribution in [0.5, 0.6) is 5.75 Å². The number of carbonyl (C=O) groups is 1. The minimum atomic E-state index is -0.640. The average molecular weight is 337 g/mol. The van der Waals surface area contributed by atoms with E-state index in [1.807, 2.05) is 0 Å². The highest BCUT2D eigenvalue weighted by molar-refractivity contribution is 6.30. The molecule has 1 unspecified atom stereocenters. The first-order valence-corrected chi connectivity index (χ1v) is 7.48. The normalized spacial score (nSPS) is 12.2. The van der Waals surface area contributed by atoms with Crippen molar-refractivity contribution in [3.8, 4) is 5.75 Å². The summed E-state index contributed by atoms with van der Waals surface area (Å²) in [5.74, 6) is -0.200. The molecule has 0 aliphatic rings. The molecule has 0 saturated carbocycles. The van der Waals surface area contributed by atoms with E-state index in [9.17, 15) is 9.18 Å². The Morgan fingerprint density at radius 3 is 2.61 bits per heavy atom. The van der Waals surface area contributed by atoms with E-state index in [4.69, 9.17) is 22.1 Å². The van der Waals surface area contributed by atoms with Crippen LogP contribution in [0.1, 0.15) is 11.6 Å². The number of nitrogens with two attached hydrogens (primary N) is 1. The number of carbonyl (C=O) groups excluding carboxylic acids is 1. The minimum absolute atomic E-state index is 0.357. The molecule has 1 atom stereocenters. The summed E-state index contributed by atoms with van der Waals surface area (Å²) in [4.78, 5) is 13.5. The van der Waals surface area contributed by atoms with E-state index in [0.717, 1.165) is 0 Å². The first-order valence-electron chi connectivity index (χ1n) is 7.11. The second kappa shape index (κ2) is 7.94. The van der Waals surface area contributed by atoms with Gasteiger partial charge in [-0.1, -0.05) is 29.8 Å². The molecule has 0 bridgehead atoms. The van der Waals surface area contributed by atoms with E-state index >= 15 is 0 Å². The van der Waals surface area contributed by atoms with Gasteiger partial charge >= 0.3 is 0 Å². The van der Waals surface area contributed by atoms with Gasteiger partial charge < -0.3 is 10.5 Å². The van der Waals surface area contributed by atoms with Gasteiger partial charge in [0.2, 0.25) is 5.91 Å². The molecule has 0 saturated heterocycles. The fourth-order valence-corrected chi connectivity index (χ4v) is 2.45. The van der Waals surface area contributed by atoms with E-state index in [-0.39, 0.29) is 5.82 Å². The van der Waals surface area contributed by atoms with Gasteiger partial charge in [0, 0.05) is 11.6 Å². The highest BCUT2D eigenvalue weighted by Crippen LogP contribution is 2.20. The number of hydrogen-bond donors (Lipinski definition) is 1. The van der Waals surface area contributed by atoms with Crippen LogP contribution in [-0.4, -0.2) is 31.0 Å². The van der Waals surface area contributed by atoms with Crippen molar-refractivity contribution in [2.45, 2.75) is 6.04 Å². The van der Waals surface area contributed by atoms with E-state index in [1.54, 1.807) is 48.3 Å². The van der Waals surface area contributed by atoms with E-state index in [0.29, 0.717) is 29.5 Å². The topological polar surface area (TPSA) is 55.6 Å². The molecule has 122 valence electrons. The van der Waals surface area contributed by atoms with Crippen LogP contribution >= 0.6 is 11.6 Å². The van der Waals surface area contributed by atoms with Crippen molar-refractivity contribution in [1.29, 1.82) is 0 Å². The van der Waals surface area contributed by atoms with Crippen molar-refractivity contribution in [1.82, 2.24) is 4.90 Å². The maximum absolute atomic E-state index is 13.0. The summed E-state index contributed by atoms with van der Waals surface area (Å²) in [6.45, 7) is 0.833. The number of likely N-dealkylation sites (N-methyl/N-ethyl adjacent to an activating group) is 1. The van der Waals surface area contributed by atoms with Crippen molar-refractivity contribution in [3.05, 3.63) is 64.9 Å². The molecule has 0 radical (unpaired) electrons. The predicted octanol–water partition coefficient (Wildman–Crippen LogP) is 3.02. The van der Waals surface area contributed by atoms with Gasteiger partial charge in [0.1, 0.15) is 24.2 Å². The molecule has 0 aliphatic carbocycles. The minimum Gasteiger partial charge on any atom is -0.492 e. The van der Waals surface area contributed by atoms with Crippen molar-refractivity contribution < 1.29 is 13.9 Å². The molecule has 0 heterocycles. The standard InChI is InChI=1S/C17H18ClFN2O2/c1-21(9-10-23-15-4-2-3-13(18)11-15)16(17(20)22)12-5-7-14(19)8-6-12/h2-8,11,16H,9-10H2,1H3,(H2,20,22). The van der Waals surface area contributed by atoms with E-state index in [1.165, 1.54) is 12.1 Å². The van der Waals surface area contributed by atoms with Crippen molar-refractivity contribution in [2.24, 2.45) is 5.73 Å². The second-order valence-corrected chi connectivity index (χ2v) is 5.58. The lowest BCUT2D eigenvalue weighted by Crippen LogP contribution is -2.37. The zero-order chi connectivity index (χ0) is 16.8. The number of hydrogen-bond acceptors (Lipinski definition) is 3. The Labute approximate surface area is 139 Å². The molecule has 2 aromatic carbocycles. The summed E-state index contributed by atoms with van der Waals surface area (Å²) in [7, 11) is 1.76. The Balaban J connectivity index is 1.97. The molecule has 1 amide bonds. The quantitative estimate of drug-likeness (QED) is 0.845. The molecule has 0 aliphatic heterocycles. The lowest BCUT2D eigenvalue weighted by molar-refractivity contribution is -0.123. The van der Waals surface area contributed by atoms with Crippen LogP contribution in [0.3, 0.4) is 0 Å². The molecule has 23 heavy (non-hydrogen) atoms. The molecule has 0 fully saturated rings. The summed E-state index contributed by atoms with van der Waals surface area (Å²) in [6.07, 6.45) is 0. The predicted molar refractivity (Wildman–Crippen MR) is 87.9 cm³/mol. The number of rotatable bonds is 7. The summed E-state index contributed by atoms with van der Waals surface area (Å²) in [5.41, 5.74) is 6.12. The lowest BCUT2D eigenvalue weighted by Gasteiger charge is -2.25. The van der Waals surface area contributed by atoms with Crippen LogP contribution in [-0.2, 0) is 4.79 Å². The number of amides is 1. The Hall–Kier alpha value is -2.11. The third kappa shape index (κ3) is 4.94. The molecule has 2 aromatic rings. The number of primary amides is 1. The van der Waals surface area contributed by atoms with E-state index < -0.39 is 11.9 Å². The molecular formula is C17H18ClFN2O2. The summed E-state index contributed by atoms with van der Waals surface area (Å²) in [6, 6.07) is 12.2. The number of ether oxygens (including phenoxy) is 1. The number of halogens is 2. The zero-order valence-electron chi connectivity index (χ0n) is 12.7. The maximum atomic E-state index is 13.0. The van der Waals surface area contributed by atoms with Gasteiger partial charge in [0.05, 0.1) is 0 Å². The van der Waals surface area contributed by atoms with Crippen LogP contribution in [0.15, 0.2) is 48.5 Å². The van der Waals surface area contributed by atoms with Crippen molar-refractivity contribution >= 4 is 17.5 Å². The molecular weight excluding hydrogens is 319 g/mol. The highest BCUT2D eigenvalue weighted by Gasteiger charge is 2.22. The number of benzene rings is 2. The smallest absolute Gasteiger partial charge is 0.239 e. The highest BCUT2D eigenvalue weighted by atomic mass is 35.5. The largest absolute Gasteiger partial charge is 0.492 e. The first kappa shape index (κ1) is 17.2. The van der Waals surface area contributed by atoms with Crippen LogP contribution < -0.4 is 10.5 Å². The Bertz CT molecular complexity index is 664. The molecule has 2 N–H and O–H groups in total. The zero-order valence-corrected chi connectivity index (χ0v) is 13.5. The van der Waals surface area contributed by atoms with Gasteiger partial charge in [-0.05, 0) is 42.9 Å². The monoisotopic (exact) mass is 336 g/mol. The number of nitrogens with zero attached hydrogens (tertiary/aromatic N) is 1. The summed E-state index contributed by atoms with van der Waals surface area (Å²) >= 11 is 5.89. The first-order chi connectivity index (χ1) is 11.0. The van der Waals surface area contributed by atoms with Gasteiger partial charge in [-0.25, -0.2) is 4.39 Å². The maximum Gasteiger partial charge on any atom is 0.239 e. The Kier molecular flexibility index (Phi) is 5.96. The summed E-state index contributed by atoms with van der Waals surface area (Å²) < 4.78 is 18.6. The van der Waals surface area contributed by atoms with Crippen LogP contribution in [0.4, 0.5) is 4.39 Å². The fraction of sp³-hybridized carbons (Fsp3) is 0.235. The SMILES string of the molecule is CN(CCOc1cccc(Cl)c1)C(C(N)=O)c1ccc(F)cc1. The van der Waals surface area contributed by atoms with Gasteiger partial charge in [-0.3, -0.25) is 9.69 Å². The van der Waals surface area contributed by atoms with Crippen molar-refractivity contribution in [3.63, 3.8) is 0 Å². The molecule has 6 heteroatoms. The van der Waals surface area contributed by atoms with E-state index in [2.05, 4.69) is 0 Å². The fourth-order valence-electron chi connectivity index (χ4n) is 2.27. The molecule has 0 aromatic heterocycles. The third-order valence-corrected chi connectivity index (χ3v) is 3.64. The molecule has 0 spiro atoms. The molecule has 4 nitrogen and oxygen atoms in total. The van der Waals surface area contributed by atoms with Gasteiger partial charge in [-0.15, -0.1) is 0 Å². The van der Waals surface area contributed by atoms with Crippen LogP contribution in [0.25, 0.3) is 0 Å². The van der Waals surface area contributed by atoms with Crippen molar-refractivity contribution in [2.75, 3.05) is 20.2 Å². The second-order valence-electron chi connectivity index (χ2n) is 5.14. The van der Waals surface area contributed by atoms with Gasteiger partial charge in [0.15, 0.2) is 0 Å².